The summed E-state index contributed by atoms with van der Waals surface area (Å²) in [7, 11) is -2.18. The van der Waals surface area contributed by atoms with Crippen molar-refractivity contribution in [2.45, 2.75) is 11.3 Å². The fourth-order valence-corrected chi connectivity index (χ4v) is 2.74. The highest BCUT2D eigenvalue weighted by Gasteiger charge is 2.15. The van der Waals surface area contributed by atoms with Crippen LogP contribution in [0.5, 0.6) is 0 Å². The van der Waals surface area contributed by atoms with E-state index in [1.165, 1.54) is 19.2 Å². The van der Waals surface area contributed by atoms with E-state index in [0.717, 1.165) is 5.56 Å². The number of sulfonamides is 1. The summed E-state index contributed by atoms with van der Waals surface area (Å²) in [5.41, 5.74) is 0.959. The van der Waals surface area contributed by atoms with Gasteiger partial charge in [0.1, 0.15) is 0 Å². The monoisotopic (exact) mass is 334 g/mol. The van der Waals surface area contributed by atoms with Crippen molar-refractivity contribution in [1.82, 2.24) is 10.0 Å². The zero-order valence-electron chi connectivity index (χ0n) is 11.8. The van der Waals surface area contributed by atoms with Crippen molar-refractivity contribution in [2.24, 2.45) is 0 Å². The van der Waals surface area contributed by atoms with Gasteiger partial charge in [-0.05, 0) is 24.1 Å². The molecule has 0 aliphatic rings. The molecule has 0 saturated carbocycles. The Hall–Kier alpha value is -1.15. The minimum absolute atomic E-state index is 0.116. The fraction of sp³-hybridized carbons (Fsp3) is 0.462. The van der Waals surface area contributed by atoms with Gasteiger partial charge in [0.25, 0.3) is 0 Å². The van der Waals surface area contributed by atoms with E-state index in [1.807, 2.05) is 0 Å². The second kappa shape index (κ2) is 8.99. The number of alkyl halides is 1. The number of amides is 1. The number of ether oxygens (including phenoxy) is 1. The lowest BCUT2D eigenvalue weighted by atomic mass is 10.2. The third-order valence-corrected chi connectivity index (χ3v) is 4.27. The average molecular weight is 335 g/mol. The standard InChI is InChI=1S/C13H19ClN2O4S/c1-20-9-8-15-13(17)10-16-21(18,19)12-4-2-11(3-5-12)6-7-14/h2-5,16H,6-10H2,1H3,(H,15,17). The number of methoxy groups -OCH3 is 1. The molecule has 118 valence electrons. The summed E-state index contributed by atoms with van der Waals surface area (Å²) in [4.78, 5) is 11.5. The molecule has 6 nitrogen and oxygen atoms in total. The quantitative estimate of drug-likeness (QED) is 0.509. The second-order valence-corrected chi connectivity index (χ2v) is 6.40. The lowest BCUT2D eigenvalue weighted by Gasteiger charge is -2.08. The van der Waals surface area contributed by atoms with E-state index in [4.69, 9.17) is 16.3 Å². The van der Waals surface area contributed by atoms with Crippen molar-refractivity contribution >= 4 is 27.5 Å². The van der Waals surface area contributed by atoms with Gasteiger partial charge in [-0.3, -0.25) is 4.79 Å². The van der Waals surface area contributed by atoms with Crippen molar-refractivity contribution in [3.05, 3.63) is 29.8 Å². The van der Waals surface area contributed by atoms with Gasteiger partial charge in [0, 0.05) is 19.5 Å². The van der Waals surface area contributed by atoms with Crippen LogP contribution >= 0.6 is 11.6 Å². The molecule has 0 aliphatic carbocycles. The van der Waals surface area contributed by atoms with Gasteiger partial charge in [0.05, 0.1) is 18.0 Å². The summed E-state index contributed by atoms with van der Waals surface area (Å²) < 4.78 is 31.0. The topological polar surface area (TPSA) is 84.5 Å². The Labute approximate surface area is 129 Å². The number of carbonyl (C=O) groups is 1. The Morgan fingerprint density at radius 3 is 2.52 bits per heavy atom. The maximum atomic E-state index is 12.0. The van der Waals surface area contributed by atoms with Gasteiger partial charge in [0.15, 0.2) is 0 Å². The van der Waals surface area contributed by atoms with Crippen molar-refractivity contribution in [3.8, 4) is 0 Å². The first-order chi connectivity index (χ1) is 9.99. The van der Waals surface area contributed by atoms with Crippen molar-refractivity contribution < 1.29 is 17.9 Å². The van der Waals surface area contributed by atoms with Crippen LogP contribution in [0.15, 0.2) is 29.2 Å². The van der Waals surface area contributed by atoms with Crippen LogP contribution in [0.3, 0.4) is 0 Å². The smallest absolute Gasteiger partial charge is 0.241 e. The number of hydrogen-bond donors (Lipinski definition) is 2. The Kier molecular flexibility index (Phi) is 7.66. The minimum Gasteiger partial charge on any atom is -0.383 e. The molecule has 0 fully saturated rings. The van der Waals surface area contributed by atoms with Crippen LogP contribution in [-0.4, -0.2) is 47.0 Å². The van der Waals surface area contributed by atoms with Crippen LogP contribution in [0.25, 0.3) is 0 Å². The molecule has 1 aromatic carbocycles. The molecular weight excluding hydrogens is 316 g/mol. The maximum absolute atomic E-state index is 12.0. The van der Waals surface area contributed by atoms with Crippen molar-refractivity contribution in [1.29, 1.82) is 0 Å². The highest BCUT2D eigenvalue weighted by molar-refractivity contribution is 7.89. The highest BCUT2D eigenvalue weighted by Crippen LogP contribution is 2.11. The molecule has 21 heavy (non-hydrogen) atoms. The molecule has 1 rings (SSSR count). The first kappa shape index (κ1) is 17.9. The predicted octanol–water partition coefficient (Wildman–Crippen LogP) is 0.509. The van der Waals surface area contributed by atoms with Crippen molar-refractivity contribution in [2.75, 3.05) is 32.7 Å². The fourth-order valence-electron chi connectivity index (χ4n) is 1.54. The molecular formula is C13H19ClN2O4S. The molecule has 1 amide bonds. The summed E-state index contributed by atoms with van der Waals surface area (Å²) in [6, 6.07) is 6.39. The van der Waals surface area contributed by atoms with Gasteiger partial charge in [-0.15, -0.1) is 11.6 Å². The van der Waals surface area contributed by atoms with Crippen molar-refractivity contribution in [3.63, 3.8) is 0 Å². The van der Waals surface area contributed by atoms with Gasteiger partial charge in [0.2, 0.25) is 15.9 Å². The molecule has 0 bridgehead atoms. The maximum Gasteiger partial charge on any atom is 0.241 e. The Morgan fingerprint density at radius 1 is 1.29 bits per heavy atom. The van der Waals surface area contributed by atoms with E-state index in [1.54, 1.807) is 12.1 Å². The molecule has 0 radical (unpaired) electrons. The number of carbonyl (C=O) groups excluding carboxylic acids is 1. The van der Waals surface area contributed by atoms with E-state index < -0.39 is 15.9 Å². The number of aryl methyl sites for hydroxylation is 1. The summed E-state index contributed by atoms with van der Waals surface area (Å²) in [5.74, 6) is 0.0702. The molecule has 0 atom stereocenters. The third-order valence-electron chi connectivity index (χ3n) is 2.67. The number of benzene rings is 1. The predicted molar refractivity (Wildman–Crippen MR) is 80.9 cm³/mol. The second-order valence-electron chi connectivity index (χ2n) is 4.25. The zero-order valence-corrected chi connectivity index (χ0v) is 13.3. The minimum atomic E-state index is -3.69. The van der Waals surface area contributed by atoms with Gasteiger partial charge < -0.3 is 10.1 Å². The molecule has 0 unspecified atom stereocenters. The Balaban J connectivity index is 2.54. The first-order valence-electron chi connectivity index (χ1n) is 6.40. The number of hydrogen-bond acceptors (Lipinski definition) is 4. The van der Waals surface area contributed by atoms with Crippen LogP contribution in [0, 0.1) is 0 Å². The van der Waals surface area contributed by atoms with Crippen LogP contribution in [0.2, 0.25) is 0 Å². The van der Waals surface area contributed by atoms with Gasteiger partial charge in [-0.25, -0.2) is 13.1 Å². The lowest BCUT2D eigenvalue weighted by Crippen LogP contribution is -2.38. The van der Waals surface area contributed by atoms with E-state index in [-0.39, 0.29) is 11.4 Å². The molecule has 0 aromatic heterocycles. The van der Waals surface area contributed by atoms with E-state index in [2.05, 4.69) is 10.0 Å². The highest BCUT2D eigenvalue weighted by atomic mass is 35.5. The van der Waals surface area contributed by atoms with Gasteiger partial charge in [-0.1, -0.05) is 12.1 Å². The molecule has 0 aliphatic heterocycles. The SMILES string of the molecule is COCCNC(=O)CNS(=O)(=O)c1ccc(CCCl)cc1. The number of nitrogens with one attached hydrogen (secondary N) is 2. The van der Waals surface area contributed by atoms with Crippen LogP contribution in [0.4, 0.5) is 0 Å². The number of halogens is 1. The largest absolute Gasteiger partial charge is 0.383 e. The molecule has 0 heterocycles. The summed E-state index contributed by atoms with van der Waals surface area (Å²) >= 11 is 5.62. The lowest BCUT2D eigenvalue weighted by molar-refractivity contribution is -0.120. The molecule has 1 aromatic rings. The molecule has 8 heteroatoms. The van der Waals surface area contributed by atoms with Crippen LogP contribution in [0.1, 0.15) is 5.56 Å². The van der Waals surface area contributed by atoms with Gasteiger partial charge in [-0.2, -0.15) is 0 Å². The number of rotatable bonds is 9. The average Bonchev–Trinajstić information content (AvgIpc) is 2.46. The molecule has 2 N–H and O–H groups in total. The molecule has 0 spiro atoms. The van der Waals surface area contributed by atoms with E-state index >= 15 is 0 Å². The Bertz CT molecular complexity index is 546. The first-order valence-corrected chi connectivity index (χ1v) is 8.41. The summed E-state index contributed by atoms with van der Waals surface area (Å²) in [6.45, 7) is 0.403. The van der Waals surface area contributed by atoms with E-state index in [9.17, 15) is 13.2 Å². The zero-order chi connectivity index (χ0) is 15.7. The van der Waals surface area contributed by atoms with Crippen LogP contribution in [-0.2, 0) is 26.0 Å². The third kappa shape index (κ3) is 6.43. The Morgan fingerprint density at radius 2 is 1.95 bits per heavy atom. The molecule has 0 saturated heterocycles. The van der Waals surface area contributed by atoms with Gasteiger partial charge >= 0.3 is 0 Å². The summed E-state index contributed by atoms with van der Waals surface area (Å²) in [5, 5.41) is 2.53. The summed E-state index contributed by atoms with van der Waals surface area (Å²) in [6.07, 6.45) is 0.678. The van der Waals surface area contributed by atoms with Crippen LogP contribution < -0.4 is 10.0 Å². The normalized spacial score (nSPS) is 11.3. The van der Waals surface area contributed by atoms with E-state index in [0.29, 0.717) is 25.5 Å².